The number of rotatable bonds is 8. The summed E-state index contributed by atoms with van der Waals surface area (Å²) in [5.41, 5.74) is 19.2. The number of para-hydroxylation sites is 1. The Hall–Kier alpha value is -8.20. The van der Waals surface area contributed by atoms with Crippen LogP contribution in [0.25, 0.3) is 66.4 Å². The number of furan rings is 1. The molecule has 0 saturated carbocycles. The lowest BCUT2D eigenvalue weighted by Crippen LogP contribution is -2.28. The SMILES string of the molecule is c1ccc(-c2ccc(N(c3ccccc3)c3cccc(-c4cccc(-c5ccc6c(c5)oc5ccc(C7(c8ccccc8)c8ccccc8-c8ccccc87)cc56)c4)c3)cc2)cc1. The molecule has 2 heteroatoms. The molecule has 0 aliphatic heterocycles. The van der Waals surface area contributed by atoms with Gasteiger partial charge >= 0.3 is 0 Å². The highest BCUT2D eigenvalue weighted by Gasteiger charge is 2.46. The van der Waals surface area contributed by atoms with Crippen LogP contribution < -0.4 is 4.90 Å². The quantitative estimate of drug-likeness (QED) is 0.152. The molecule has 2 nitrogen and oxygen atoms in total. The normalized spacial score (nSPS) is 12.6. The second-order valence-electron chi connectivity index (χ2n) is 16.4. The van der Waals surface area contributed by atoms with E-state index in [0.29, 0.717) is 0 Å². The van der Waals surface area contributed by atoms with E-state index >= 15 is 0 Å². The number of benzene rings is 10. The number of nitrogens with zero attached hydrogens (tertiary/aromatic N) is 1. The summed E-state index contributed by atoms with van der Waals surface area (Å²) in [7, 11) is 0. The number of anilines is 3. The van der Waals surface area contributed by atoms with Crippen LogP contribution >= 0.6 is 0 Å². The molecule has 12 rings (SSSR count). The summed E-state index contributed by atoms with van der Waals surface area (Å²) in [5.74, 6) is 0. The predicted molar refractivity (Wildman–Crippen MR) is 262 cm³/mol. The Bertz CT molecular complexity index is 3400. The first-order chi connectivity index (χ1) is 31.2. The Balaban J connectivity index is 0.911. The molecular formula is C61H41NO. The zero-order valence-electron chi connectivity index (χ0n) is 34.5. The molecule has 0 bridgehead atoms. The van der Waals surface area contributed by atoms with Crippen molar-refractivity contribution in [2.45, 2.75) is 5.41 Å². The van der Waals surface area contributed by atoms with Gasteiger partial charge in [0.05, 0.1) is 5.41 Å². The third kappa shape index (κ3) is 6.10. The van der Waals surface area contributed by atoms with Gasteiger partial charge in [-0.05, 0) is 133 Å². The van der Waals surface area contributed by atoms with Crippen LogP contribution in [0.4, 0.5) is 17.1 Å². The largest absolute Gasteiger partial charge is 0.456 e. The van der Waals surface area contributed by atoms with Crippen LogP contribution in [0, 0.1) is 0 Å². The molecule has 1 aliphatic carbocycles. The van der Waals surface area contributed by atoms with Gasteiger partial charge in [0.1, 0.15) is 11.2 Å². The maximum absolute atomic E-state index is 6.68. The lowest BCUT2D eigenvalue weighted by molar-refractivity contribution is 0.668. The fourth-order valence-electron chi connectivity index (χ4n) is 10.1. The summed E-state index contributed by atoms with van der Waals surface area (Å²) < 4.78 is 6.68. The Kier molecular flexibility index (Phi) is 8.76. The summed E-state index contributed by atoms with van der Waals surface area (Å²) in [6, 6.07) is 89.9. The Labute approximate surface area is 367 Å². The molecule has 1 aromatic heterocycles. The van der Waals surface area contributed by atoms with Crippen molar-refractivity contribution in [2.75, 3.05) is 4.90 Å². The number of hydrogen-bond donors (Lipinski definition) is 0. The molecule has 0 unspecified atom stereocenters. The minimum Gasteiger partial charge on any atom is -0.456 e. The highest BCUT2D eigenvalue weighted by atomic mass is 16.3. The van der Waals surface area contributed by atoms with Crippen LogP contribution in [-0.2, 0) is 5.41 Å². The molecule has 0 spiro atoms. The van der Waals surface area contributed by atoms with E-state index in [2.05, 4.69) is 254 Å². The van der Waals surface area contributed by atoms with Crippen molar-refractivity contribution in [1.82, 2.24) is 0 Å². The zero-order valence-corrected chi connectivity index (χ0v) is 34.5. The molecule has 0 radical (unpaired) electrons. The van der Waals surface area contributed by atoms with Crippen LogP contribution in [-0.4, -0.2) is 0 Å². The molecule has 11 aromatic rings. The summed E-state index contributed by atoms with van der Waals surface area (Å²) in [6.07, 6.45) is 0. The van der Waals surface area contributed by atoms with Gasteiger partial charge in [-0.25, -0.2) is 0 Å². The topological polar surface area (TPSA) is 16.4 Å². The van der Waals surface area contributed by atoms with Gasteiger partial charge in [0, 0.05) is 27.8 Å². The van der Waals surface area contributed by atoms with Gasteiger partial charge in [0.25, 0.3) is 0 Å². The van der Waals surface area contributed by atoms with Crippen LogP contribution in [0.1, 0.15) is 22.3 Å². The lowest BCUT2D eigenvalue weighted by Gasteiger charge is -2.33. The predicted octanol–water partition coefficient (Wildman–Crippen LogP) is 16.4. The van der Waals surface area contributed by atoms with Crippen LogP contribution in [0.2, 0.25) is 0 Å². The van der Waals surface area contributed by atoms with E-state index in [0.717, 1.165) is 61.3 Å². The first kappa shape index (κ1) is 36.6. The van der Waals surface area contributed by atoms with E-state index in [1.807, 2.05) is 0 Å². The maximum Gasteiger partial charge on any atom is 0.136 e. The van der Waals surface area contributed by atoms with Crippen molar-refractivity contribution >= 4 is 39.0 Å². The van der Waals surface area contributed by atoms with Crippen molar-refractivity contribution in [3.05, 3.63) is 271 Å². The van der Waals surface area contributed by atoms with Crippen molar-refractivity contribution < 1.29 is 4.42 Å². The van der Waals surface area contributed by atoms with Gasteiger partial charge < -0.3 is 9.32 Å². The standard InChI is InChI=1S/C61H41NO/c1-4-16-42(17-5-1)43-30-34-51(35-31-43)62(50-23-8-3-9-24-50)52-25-15-20-46(39-52)44-18-14-19-45(38-44)47-32-36-55-56-41-49(33-37-59(56)63-60(55)40-47)61(48-21-6-2-7-22-48)57-28-12-10-26-53(57)54-27-11-13-29-58(54)61/h1-41H. The summed E-state index contributed by atoms with van der Waals surface area (Å²) >= 11 is 0. The van der Waals surface area contributed by atoms with Gasteiger partial charge in [0.15, 0.2) is 0 Å². The highest BCUT2D eigenvalue weighted by Crippen LogP contribution is 2.56. The molecule has 1 aliphatic rings. The molecule has 0 saturated heterocycles. The summed E-state index contributed by atoms with van der Waals surface area (Å²) in [5, 5.41) is 2.23. The van der Waals surface area contributed by atoms with E-state index in [1.54, 1.807) is 0 Å². The first-order valence-corrected chi connectivity index (χ1v) is 21.7. The van der Waals surface area contributed by atoms with Crippen molar-refractivity contribution in [2.24, 2.45) is 0 Å². The van der Waals surface area contributed by atoms with E-state index in [-0.39, 0.29) is 0 Å². The molecule has 0 amide bonds. The number of hydrogen-bond acceptors (Lipinski definition) is 2. The van der Waals surface area contributed by atoms with Crippen LogP contribution in [0.3, 0.4) is 0 Å². The minimum atomic E-state index is -0.463. The van der Waals surface area contributed by atoms with Crippen LogP contribution in [0.5, 0.6) is 0 Å². The number of fused-ring (bicyclic) bond motifs is 6. The minimum absolute atomic E-state index is 0.463. The third-order valence-corrected chi connectivity index (χ3v) is 12.9. The van der Waals surface area contributed by atoms with E-state index in [1.165, 1.54) is 44.5 Å². The van der Waals surface area contributed by atoms with Crippen LogP contribution in [0.15, 0.2) is 253 Å². The molecule has 1 heterocycles. The zero-order chi connectivity index (χ0) is 41.7. The smallest absolute Gasteiger partial charge is 0.136 e. The second-order valence-corrected chi connectivity index (χ2v) is 16.4. The summed E-state index contributed by atoms with van der Waals surface area (Å²) in [6.45, 7) is 0. The fraction of sp³-hybridized carbons (Fsp3) is 0.0164. The Morgan fingerprint density at radius 1 is 0.286 bits per heavy atom. The van der Waals surface area contributed by atoms with Crippen molar-refractivity contribution in [3.63, 3.8) is 0 Å². The first-order valence-electron chi connectivity index (χ1n) is 21.7. The average Bonchev–Trinajstić information content (AvgIpc) is 3.88. The van der Waals surface area contributed by atoms with Gasteiger partial charge in [-0.15, -0.1) is 0 Å². The Morgan fingerprint density at radius 2 is 0.794 bits per heavy atom. The molecule has 0 atom stereocenters. The van der Waals surface area contributed by atoms with E-state index in [4.69, 9.17) is 4.42 Å². The molecule has 0 N–H and O–H groups in total. The maximum atomic E-state index is 6.68. The summed E-state index contributed by atoms with van der Waals surface area (Å²) in [4.78, 5) is 2.33. The second kappa shape index (κ2) is 15.1. The molecule has 63 heavy (non-hydrogen) atoms. The average molecular weight is 804 g/mol. The van der Waals surface area contributed by atoms with Crippen molar-refractivity contribution in [1.29, 1.82) is 0 Å². The van der Waals surface area contributed by atoms with Gasteiger partial charge in [-0.1, -0.05) is 182 Å². The molecule has 296 valence electrons. The lowest BCUT2D eigenvalue weighted by atomic mass is 9.67. The van der Waals surface area contributed by atoms with E-state index < -0.39 is 5.41 Å². The van der Waals surface area contributed by atoms with E-state index in [9.17, 15) is 0 Å². The molecule has 10 aromatic carbocycles. The molecular weight excluding hydrogens is 763 g/mol. The van der Waals surface area contributed by atoms with Gasteiger partial charge in [0.2, 0.25) is 0 Å². The Morgan fingerprint density at radius 3 is 1.49 bits per heavy atom. The van der Waals surface area contributed by atoms with Crippen molar-refractivity contribution in [3.8, 4) is 44.5 Å². The third-order valence-electron chi connectivity index (χ3n) is 12.9. The fourth-order valence-corrected chi connectivity index (χ4v) is 10.1. The highest BCUT2D eigenvalue weighted by molar-refractivity contribution is 6.06. The van der Waals surface area contributed by atoms with Gasteiger partial charge in [-0.2, -0.15) is 0 Å². The molecule has 0 fully saturated rings. The monoisotopic (exact) mass is 803 g/mol. The van der Waals surface area contributed by atoms with Gasteiger partial charge in [-0.3, -0.25) is 0 Å².